The lowest BCUT2D eigenvalue weighted by molar-refractivity contribution is -0.138. The maximum atomic E-state index is 13.6. The fourth-order valence-electron chi connectivity index (χ4n) is 4.19. The molecule has 0 saturated carbocycles. The maximum Gasteiger partial charge on any atom is 0.410 e. The van der Waals surface area contributed by atoms with E-state index in [9.17, 15) is 19.2 Å². The fraction of sp³-hybridized carbons (Fsp3) is 0.480. The van der Waals surface area contributed by atoms with Crippen LogP contribution in [0.15, 0.2) is 30.6 Å². The van der Waals surface area contributed by atoms with Gasteiger partial charge in [0.05, 0.1) is 23.8 Å². The van der Waals surface area contributed by atoms with E-state index in [1.807, 2.05) is 0 Å². The highest BCUT2D eigenvalue weighted by Crippen LogP contribution is 2.23. The Morgan fingerprint density at radius 2 is 1.56 bits per heavy atom. The minimum absolute atomic E-state index is 0.0385. The van der Waals surface area contributed by atoms with Gasteiger partial charge in [0.1, 0.15) is 29.6 Å². The second-order valence-corrected chi connectivity index (χ2v) is 10.5. The largest absolute Gasteiger partial charge is 0.480 e. The highest BCUT2D eigenvalue weighted by atomic mass is 16.6. The number of hydrogen-bond donors (Lipinski definition) is 2. The number of ether oxygens (including phenoxy) is 1. The molecule has 0 bridgehead atoms. The van der Waals surface area contributed by atoms with Crippen LogP contribution in [0, 0.1) is 0 Å². The molecule has 1 atom stereocenters. The smallest absolute Gasteiger partial charge is 0.410 e. The number of carbonyl (C=O) groups is 4. The van der Waals surface area contributed by atoms with Gasteiger partial charge in [0.25, 0.3) is 0 Å². The number of amides is 3. The minimum Gasteiger partial charge on any atom is -0.480 e. The molecule has 3 N–H and O–H groups in total. The molecule has 0 aliphatic carbocycles. The molecule has 1 aliphatic rings. The molecule has 4 heterocycles. The molecule has 41 heavy (non-hydrogen) atoms. The number of piperazine rings is 1. The molecule has 0 radical (unpaired) electrons. The number of carboxylic acids is 1. The van der Waals surface area contributed by atoms with Crippen molar-refractivity contribution < 1.29 is 29.0 Å². The molecule has 3 amide bonds. The standard InChI is InChI=1S/C25H32N10O6/c1-25(2,3)41-24(40)33-11-9-32(10-12-33)23(39)20(7-8-21(26)36)35-14-19(29-31-35)17-6-4-5-16(27-17)18-13-34(30-28-18)15-22(37)38/h4-6,13-14,20H,7-12,15H2,1-3H3,(H2,26,36)(H,37,38). The van der Waals surface area contributed by atoms with Crippen molar-refractivity contribution in [3.8, 4) is 22.8 Å². The summed E-state index contributed by atoms with van der Waals surface area (Å²) in [5, 5.41) is 25.1. The van der Waals surface area contributed by atoms with E-state index in [-0.39, 0.29) is 25.3 Å². The van der Waals surface area contributed by atoms with Crippen molar-refractivity contribution >= 4 is 23.9 Å². The Balaban J connectivity index is 1.49. The second kappa shape index (κ2) is 12.1. The third kappa shape index (κ3) is 7.61. The number of nitrogens with zero attached hydrogens (tertiary/aromatic N) is 9. The van der Waals surface area contributed by atoms with E-state index in [1.54, 1.807) is 55.0 Å². The maximum absolute atomic E-state index is 13.6. The first-order chi connectivity index (χ1) is 19.4. The van der Waals surface area contributed by atoms with Crippen molar-refractivity contribution in [3.63, 3.8) is 0 Å². The van der Waals surface area contributed by atoms with Crippen LogP contribution in [-0.4, -0.2) is 106 Å². The summed E-state index contributed by atoms with van der Waals surface area (Å²) in [6.07, 6.45) is 2.67. The molecular formula is C25H32N10O6. The van der Waals surface area contributed by atoms with Crippen LogP contribution in [0.1, 0.15) is 39.7 Å². The normalized spacial score (nSPS) is 14.5. The van der Waals surface area contributed by atoms with Crippen molar-refractivity contribution in [3.05, 3.63) is 30.6 Å². The van der Waals surface area contributed by atoms with Gasteiger partial charge in [-0.05, 0) is 39.3 Å². The number of nitrogens with two attached hydrogens (primary N) is 1. The molecule has 4 rings (SSSR count). The molecule has 1 saturated heterocycles. The number of rotatable bonds is 9. The predicted octanol–water partition coefficient (Wildman–Crippen LogP) is 0.569. The van der Waals surface area contributed by atoms with Crippen molar-refractivity contribution in [2.24, 2.45) is 5.73 Å². The van der Waals surface area contributed by atoms with Gasteiger partial charge in [-0.15, -0.1) is 10.2 Å². The number of aliphatic carboxylic acids is 1. The zero-order valence-electron chi connectivity index (χ0n) is 23.0. The molecular weight excluding hydrogens is 536 g/mol. The van der Waals surface area contributed by atoms with Gasteiger partial charge in [-0.3, -0.25) is 14.4 Å². The lowest BCUT2D eigenvalue weighted by atomic mass is 10.1. The lowest BCUT2D eigenvalue weighted by Crippen LogP contribution is -2.53. The van der Waals surface area contributed by atoms with Gasteiger partial charge in [-0.2, -0.15) is 0 Å². The Kier molecular flexibility index (Phi) is 8.59. The van der Waals surface area contributed by atoms with Crippen molar-refractivity contribution in [1.82, 2.24) is 44.8 Å². The number of carbonyl (C=O) groups excluding carboxylic acids is 3. The predicted molar refractivity (Wildman–Crippen MR) is 142 cm³/mol. The van der Waals surface area contributed by atoms with E-state index in [2.05, 4.69) is 25.6 Å². The van der Waals surface area contributed by atoms with Crippen LogP contribution in [-0.2, 0) is 25.7 Å². The van der Waals surface area contributed by atoms with Crippen LogP contribution in [0.3, 0.4) is 0 Å². The summed E-state index contributed by atoms with van der Waals surface area (Å²) < 4.78 is 8.00. The third-order valence-electron chi connectivity index (χ3n) is 6.13. The van der Waals surface area contributed by atoms with Crippen LogP contribution in [0.5, 0.6) is 0 Å². The van der Waals surface area contributed by atoms with E-state index in [4.69, 9.17) is 15.6 Å². The van der Waals surface area contributed by atoms with Crippen LogP contribution in [0.4, 0.5) is 4.79 Å². The monoisotopic (exact) mass is 568 g/mol. The Bertz CT molecular complexity index is 1420. The van der Waals surface area contributed by atoms with E-state index in [0.717, 1.165) is 0 Å². The van der Waals surface area contributed by atoms with Gasteiger partial charge in [-0.25, -0.2) is 19.1 Å². The summed E-state index contributed by atoms with van der Waals surface area (Å²) >= 11 is 0. The number of carboxylic acid groups (broad SMARTS) is 1. The molecule has 1 unspecified atom stereocenters. The molecule has 0 aromatic carbocycles. The van der Waals surface area contributed by atoms with Crippen molar-refractivity contribution in [2.45, 2.75) is 51.8 Å². The summed E-state index contributed by atoms with van der Waals surface area (Å²) in [7, 11) is 0. The molecule has 16 nitrogen and oxygen atoms in total. The summed E-state index contributed by atoms with van der Waals surface area (Å²) in [5.41, 5.74) is 6.38. The summed E-state index contributed by atoms with van der Waals surface area (Å²) in [6, 6.07) is 4.28. The number of primary amides is 1. The number of aromatic nitrogens is 7. The van der Waals surface area contributed by atoms with E-state index < -0.39 is 29.6 Å². The Hall–Kier alpha value is -4.89. The van der Waals surface area contributed by atoms with Crippen molar-refractivity contribution in [2.75, 3.05) is 26.2 Å². The molecule has 3 aromatic rings. The average molecular weight is 569 g/mol. The third-order valence-corrected chi connectivity index (χ3v) is 6.13. The molecule has 3 aromatic heterocycles. The van der Waals surface area contributed by atoms with Gasteiger partial charge in [-0.1, -0.05) is 16.5 Å². The summed E-state index contributed by atoms with van der Waals surface area (Å²) in [4.78, 5) is 56.2. The van der Waals surface area contributed by atoms with Gasteiger partial charge < -0.3 is 25.4 Å². The Morgan fingerprint density at radius 3 is 2.17 bits per heavy atom. The minimum atomic E-state index is -1.05. The first-order valence-electron chi connectivity index (χ1n) is 13.0. The Labute approximate surface area is 235 Å². The molecule has 1 aliphatic heterocycles. The highest BCUT2D eigenvalue weighted by Gasteiger charge is 2.32. The fourth-order valence-corrected chi connectivity index (χ4v) is 4.19. The van der Waals surface area contributed by atoms with Crippen LogP contribution >= 0.6 is 0 Å². The molecule has 218 valence electrons. The summed E-state index contributed by atoms with van der Waals surface area (Å²) in [5.74, 6) is -1.88. The van der Waals surface area contributed by atoms with Gasteiger partial charge in [0, 0.05) is 32.6 Å². The molecule has 16 heteroatoms. The average Bonchev–Trinajstić information content (AvgIpc) is 3.58. The lowest BCUT2D eigenvalue weighted by Gasteiger charge is -2.36. The quantitative estimate of drug-likeness (QED) is 0.365. The molecule has 0 spiro atoms. The number of pyridine rings is 1. The molecule has 1 fully saturated rings. The van der Waals surface area contributed by atoms with Gasteiger partial charge in [0.15, 0.2) is 0 Å². The van der Waals surface area contributed by atoms with E-state index >= 15 is 0 Å². The SMILES string of the molecule is CC(C)(C)OC(=O)N1CCN(C(=O)C(CCC(N)=O)n2cc(-c3cccc(-c4cn(CC(=O)O)nn4)n3)nn2)CC1. The second-order valence-electron chi connectivity index (χ2n) is 10.5. The highest BCUT2D eigenvalue weighted by molar-refractivity contribution is 5.82. The van der Waals surface area contributed by atoms with Crippen molar-refractivity contribution in [1.29, 1.82) is 0 Å². The number of hydrogen-bond acceptors (Lipinski definition) is 10. The van der Waals surface area contributed by atoms with Gasteiger partial charge >= 0.3 is 12.1 Å². The zero-order valence-corrected chi connectivity index (χ0v) is 23.0. The van der Waals surface area contributed by atoms with Gasteiger partial charge in [0.2, 0.25) is 11.8 Å². The summed E-state index contributed by atoms with van der Waals surface area (Å²) in [6.45, 7) is 6.23. The van der Waals surface area contributed by atoms with E-state index in [0.29, 0.717) is 49.0 Å². The topological polar surface area (TPSA) is 205 Å². The zero-order chi connectivity index (χ0) is 29.7. The van der Waals surface area contributed by atoms with Crippen LogP contribution in [0.2, 0.25) is 0 Å². The van der Waals surface area contributed by atoms with E-state index in [1.165, 1.54) is 15.6 Å². The first-order valence-corrected chi connectivity index (χ1v) is 13.0. The van der Waals surface area contributed by atoms with Crippen LogP contribution in [0.25, 0.3) is 22.8 Å². The first kappa shape index (κ1) is 29.1. The van der Waals surface area contributed by atoms with Crippen LogP contribution < -0.4 is 5.73 Å². The Morgan fingerprint density at radius 1 is 0.951 bits per heavy atom.